The van der Waals surface area contributed by atoms with Crippen molar-refractivity contribution in [2.24, 2.45) is 0 Å². The lowest BCUT2D eigenvalue weighted by Gasteiger charge is -2.33. The van der Waals surface area contributed by atoms with Crippen molar-refractivity contribution in [1.82, 2.24) is 0 Å². The number of carbonyl (C=O) groups is 1. The van der Waals surface area contributed by atoms with Gasteiger partial charge in [-0.1, -0.05) is 13.5 Å². The third kappa shape index (κ3) is 2.62. The van der Waals surface area contributed by atoms with Gasteiger partial charge in [-0.05, 0) is 6.42 Å². The maximum Gasteiger partial charge on any atom is 0.460 e. The molecule has 2 nitrogen and oxygen atoms in total. The van der Waals surface area contributed by atoms with Crippen LogP contribution < -0.4 is 0 Å². The van der Waals surface area contributed by atoms with Crippen LogP contribution >= 0.6 is 0 Å². The van der Waals surface area contributed by atoms with Crippen LogP contribution in [0.2, 0.25) is 0 Å². The predicted octanol–water partition coefficient (Wildman–Crippen LogP) is 3.78. The number of nitrogens with zero attached hydrogens (tertiary/aromatic N) is 1. The summed E-state index contributed by atoms with van der Waals surface area (Å²) in [4.78, 5) is 11.6. The summed E-state index contributed by atoms with van der Waals surface area (Å²) >= 11 is 0. The fourth-order valence-electron chi connectivity index (χ4n) is 2.46. The number of hydrogen-bond acceptors (Lipinski definition) is 1. The quantitative estimate of drug-likeness (QED) is 0.306. The zero-order valence-corrected chi connectivity index (χ0v) is 11.7. The van der Waals surface area contributed by atoms with Gasteiger partial charge in [-0.2, -0.15) is 39.5 Å². The number of hydrogen-bond donors (Lipinski definition) is 0. The molecule has 0 aromatic rings. The van der Waals surface area contributed by atoms with Gasteiger partial charge in [0.05, 0.1) is 6.54 Å². The smallest absolute Gasteiger partial charge is 0.239 e. The Morgan fingerprint density at radius 2 is 1.57 bits per heavy atom. The van der Waals surface area contributed by atoms with Gasteiger partial charge in [0.1, 0.15) is 6.54 Å². The highest BCUT2D eigenvalue weighted by Crippen LogP contribution is 2.58. The molecule has 11 heteroatoms. The number of amides is 1. The van der Waals surface area contributed by atoms with Gasteiger partial charge in [-0.25, -0.2) is 9.28 Å². The monoisotopic (exact) mass is 358 g/mol. The molecule has 1 saturated heterocycles. The summed E-state index contributed by atoms with van der Waals surface area (Å²) < 4.78 is 115. The van der Waals surface area contributed by atoms with Crippen molar-refractivity contribution in [2.75, 3.05) is 13.1 Å². The van der Waals surface area contributed by atoms with E-state index < -0.39 is 53.5 Å². The van der Waals surface area contributed by atoms with Crippen molar-refractivity contribution in [2.45, 2.75) is 43.3 Å². The van der Waals surface area contributed by atoms with Crippen LogP contribution in [0.15, 0.2) is 12.7 Å². The lowest BCUT2D eigenvalue weighted by Crippen LogP contribution is -2.64. The predicted molar refractivity (Wildman–Crippen MR) is 60.2 cm³/mol. The van der Waals surface area contributed by atoms with Crippen LogP contribution in [-0.2, 0) is 4.79 Å². The minimum atomic E-state index is -6.94. The molecule has 0 aliphatic carbocycles. The van der Waals surface area contributed by atoms with E-state index in [9.17, 15) is 44.3 Å². The molecular weight excluding hydrogens is 345 g/mol. The van der Waals surface area contributed by atoms with E-state index in [0.717, 1.165) is 0 Å². The Bertz CT molecular complexity index is 499. The second-order valence-electron chi connectivity index (χ2n) is 5.27. The van der Waals surface area contributed by atoms with E-state index in [1.807, 2.05) is 0 Å². The molecule has 134 valence electrons. The molecule has 1 rings (SSSR count). The first kappa shape index (κ1) is 19.8. The molecule has 0 spiro atoms. The standard InChI is InChI=1S/C12H13F9NO/c1-3-5-22(8(23)4-2)6-7(22)9(13,14)10(15,16)11(17,18)12(19,20)21/h4,7H,2-3,5-6H2,1H3/q+1. The van der Waals surface area contributed by atoms with E-state index in [2.05, 4.69) is 6.58 Å². The largest absolute Gasteiger partial charge is 0.460 e. The Kier molecular flexibility index (Phi) is 4.63. The second-order valence-corrected chi connectivity index (χ2v) is 5.27. The first-order valence-electron chi connectivity index (χ1n) is 6.37. The minimum Gasteiger partial charge on any atom is -0.239 e. The van der Waals surface area contributed by atoms with Gasteiger partial charge in [-0.3, -0.25) is 0 Å². The highest BCUT2D eigenvalue weighted by Gasteiger charge is 2.89. The molecule has 0 bridgehead atoms. The third-order valence-corrected chi connectivity index (χ3v) is 3.79. The van der Waals surface area contributed by atoms with Crippen molar-refractivity contribution < 1.29 is 48.8 Å². The number of rotatable bonds is 6. The van der Waals surface area contributed by atoms with Crippen molar-refractivity contribution in [3.8, 4) is 0 Å². The van der Waals surface area contributed by atoms with Gasteiger partial charge in [-0.15, -0.1) is 0 Å². The van der Waals surface area contributed by atoms with Crippen LogP contribution in [0.1, 0.15) is 13.3 Å². The maximum absolute atomic E-state index is 13.8. The SMILES string of the molecule is C=CC(=O)[N+]1(CCC)CC1C(F)(F)C(F)(F)C(F)(F)C(F)(F)F. The van der Waals surface area contributed by atoms with E-state index in [1.54, 1.807) is 0 Å². The minimum absolute atomic E-state index is 0.0490. The topological polar surface area (TPSA) is 17.1 Å². The third-order valence-electron chi connectivity index (χ3n) is 3.79. The van der Waals surface area contributed by atoms with E-state index in [1.165, 1.54) is 6.92 Å². The molecule has 0 aromatic carbocycles. The van der Waals surface area contributed by atoms with Gasteiger partial charge in [0.15, 0.2) is 0 Å². The summed E-state index contributed by atoms with van der Waals surface area (Å²) in [5.74, 6) is -20.5. The first-order valence-corrected chi connectivity index (χ1v) is 6.37. The van der Waals surface area contributed by atoms with Crippen LogP contribution in [0, 0.1) is 0 Å². The average molecular weight is 358 g/mol. The summed E-state index contributed by atoms with van der Waals surface area (Å²) in [5, 5.41) is 0. The van der Waals surface area contributed by atoms with E-state index >= 15 is 0 Å². The van der Waals surface area contributed by atoms with Gasteiger partial charge >= 0.3 is 29.9 Å². The Morgan fingerprint density at radius 1 is 1.09 bits per heavy atom. The normalized spacial score (nSPS) is 26.1. The van der Waals surface area contributed by atoms with Crippen LogP contribution in [0.5, 0.6) is 0 Å². The molecule has 2 unspecified atom stereocenters. The maximum atomic E-state index is 13.8. The van der Waals surface area contributed by atoms with Crippen LogP contribution in [0.25, 0.3) is 0 Å². The van der Waals surface area contributed by atoms with Gasteiger partial charge in [0.2, 0.25) is 6.04 Å². The summed E-state index contributed by atoms with van der Waals surface area (Å²) in [6.45, 7) is 3.03. The molecule has 0 radical (unpaired) electrons. The Balaban J connectivity index is 3.27. The number of alkyl halides is 9. The molecule has 1 aliphatic heterocycles. The molecule has 0 aromatic heterocycles. The number of halogens is 9. The number of carbonyl (C=O) groups excluding carboxylic acids is 1. The van der Waals surface area contributed by atoms with E-state index in [0.29, 0.717) is 6.08 Å². The summed E-state index contributed by atoms with van der Waals surface area (Å²) in [7, 11) is 0. The fourth-order valence-corrected chi connectivity index (χ4v) is 2.46. The first-order chi connectivity index (χ1) is 10.1. The van der Waals surface area contributed by atoms with E-state index in [-0.39, 0.29) is 6.42 Å². The van der Waals surface area contributed by atoms with Gasteiger partial charge < -0.3 is 0 Å². The highest BCUT2D eigenvalue weighted by molar-refractivity contribution is 5.82. The Hall–Kier alpha value is -1.26. The zero-order valence-electron chi connectivity index (χ0n) is 11.7. The zero-order chi connectivity index (χ0) is 18.5. The average Bonchev–Trinajstić information content (AvgIpc) is 3.13. The summed E-state index contributed by atoms with van der Waals surface area (Å²) in [6, 6.07) is -2.67. The summed E-state index contributed by atoms with van der Waals surface area (Å²) in [5.41, 5.74) is 0. The van der Waals surface area contributed by atoms with Crippen LogP contribution in [0.4, 0.5) is 39.5 Å². The van der Waals surface area contributed by atoms with E-state index in [4.69, 9.17) is 0 Å². The Labute approximate surface area is 125 Å². The van der Waals surface area contributed by atoms with Crippen LogP contribution in [0.3, 0.4) is 0 Å². The van der Waals surface area contributed by atoms with Crippen LogP contribution in [-0.4, -0.2) is 53.5 Å². The van der Waals surface area contributed by atoms with Gasteiger partial charge in [0, 0.05) is 6.08 Å². The molecule has 23 heavy (non-hydrogen) atoms. The molecule has 1 fully saturated rings. The lowest BCUT2D eigenvalue weighted by molar-refractivity contribution is -0.741. The van der Waals surface area contributed by atoms with Crippen molar-refractivity contribution in [3.63, 3.8) is 0 Å². The lowest BCUT2D eigenvalue weighted by atomic mass is 10.0. The molecule has 1 heterocycles. The summed E-state index contributed by atoms with van der Waals surface area (Å²) in [6.07, 6.45) is -6.27. The molecule has 1 amide bonds. The highest BCUT2D eigenvalue weighted by atomic mass is 19.4. The van der Waals surface area contributed by atoms with Crippen molar-refractivity contribution >= 4 is 5.91 Å². The van der Waals surface area contributed by atoms with Crippen molar-refractivity contribution in [3.05, 3.63) is 12.7 Å². The van der Waals surface area contributed by atoms with Crippen molar-refractivity contribution in [1.29, 1.82) is 0 Å². The fraction of sp³-hybridized carbons (Fsp3) is 0.750. The van der Waals surface area contributed by atoms with Gasteiger partial charge in [0.25, 0.3) is 0 Å². The molecule has 0 N–H and O–H groups in total. The second kappa shape index (κ2) is 5.38. The Morgan fingerprint density at radius 3 is 1.91 bits per heavy atom. The molecule has 1 aliphatic rings. The molecular formula is C12H13F9NO+. The molecule has 2 atom stereocenters. The molecule has 0 saturated carbocycles. The number of quaternary nitrogens is 1.